The molecule has 0 radical (unpaired) electrons. The maximum atomic E-state index is 11.2. The molecular formula is C48H40O33S11. The molecule has 33 nitrogen and oxygen atoms in total. The van der Waals surface area contributed by atoms with Crippen LogP contribution in [0.3, 0.4) is 0 Å². The Morgan fingerprint density at radius 1 is 0.207 bits per heavy atom. The van der Waals surface area contributed by atoms with Crippen molar-refractivity contribution in [1.29, 1.82) is 0 Å². The lowest BCUT2D eigenvalue weighted by molar-refractivity contribution is 0.477. The molecule has 496 valence electrons. The largest absolute Gasteiger partial charge is 0.425 e. The summed E-state index contributed by atoms with van der Waals surface area (Å²) in [5, 5.41) is 3.52. The van der Waals surface area contributed by atoms with Gasteiger partial charge in [-0.3, -0.25) is 31.9 Å². The summed E-state index contributed by atoms with van der Waals surface area (Å²) in [7, 11) is -42.6. The Morgan fingerprint density at radius 3 is 0.728 bits per heavy atom. The van der Waals surface area contributed by atoms with Crippen molar-refractivity contribution in [2.75, 3.05) is 0 Å². The van der Waals surface area contributed by atoms with E-state index >= 15 is 0 Å². The molecule has 0 aliphatic heterocycles. The van der Waals surface area contributed by atoms with Gasteiger partial charge in [-0.2, -0.15) is 58.9 Å². The third-order valence-electron chi connectivity index (χ3n) is 10.1. The molecular weight excluding hydrogens is 1460 g/mol. The molecule has 0 atom stereocenters. The average molecular weight is 1500 g/mol. The van der Waals surface area contributed by atoms with Crippen LogP contribution in [0, 0.1) is 0 Å². The van der Waals surface area contributed by atoms with Crippen molar-refractivity contribution in [3.63, 3.8) is 0 Å². The molecule has 9 aromatic rings. The maximum Gasteiger partial charge on any atom is 0.425 e. The van der Waals surface area contributed by atoms with E-state index in [1.165, 1.54) is 60.7 Å². The molecule has 0 aromatic heterocycles. The van der Waals surface area contributed by atoms with Crippen LogP contribution in [0.1, 0.15) is 0 Å². The Balaban J connectivity index is 0.000000543. The lowest BCUT2D eigenvalue weighted by Gasteiger charge is -2.06. The minimum Gasteiger partial charge on any atom is -0.282 e. The Kier molecular flexibility index (Phi) is 31.9. The third-order valence-corrected chi connectivity index (χ3v) is 16.2. The number of hydrogen-bond donors (Lipinski definition) is 7. The summed E-state index contributed by atoms with van der Waals surface area (Å²) in [6.45, 7) is 0. The number of rotatable bonds is 8. The molecule has 0 saturated heterocycles. The molecule has 0 bridgehead atoms. The zero-order valence-corrected chi connectivity index (χ0v) is 53.8. The van der Waals surface area contributed by atoms with Crippen molar-refractivity contribution in [3.05, 3.63) is 200 Å². The second kappa shape index (κ2) is 36.0. The molecule has 0 fully saturated rings. The molecule has 0 saturated carbocycles. The molecule has 0 aliphatic carbocycles. The first kappa shape index (κ1) is 81.6. The van der Waals surface area contributed by atoms with Crippen molar-refractivity contribution in [3.8, 4) is 11.1 Å². The van der Waals surface area contributed by atoms with Gasteiger partial charge in [-0.15, -0.1) is 50.5 Å². The molecule has 0 aliphatic rings. The average Bonchev–Trinajstić information content (AvgIpc) is 0.786. The molecule has 0 unspecified atom stereocenters. The normalized spacial score (nSPS) is 11.0. The van der Waals surface area contributed by atoms with E-state index < -0.39 is 133 Å². The highest BCUT2D eigenvalue weighted by atomic mass is 32.2. The van der Waals surface area contributed by atoms with Gasteiger partial charge < -0.3 is 0 Å². The van der Waals surface area contributed by atoms with Gasteiger partial charge in [-0.05, 0) is 99.4 Å². The fourth-order valence-corrected chi connectivity index (χ4v) is 10.7. The van der Waals surface area contributed by atoms with E-state index in [9.17, 15) is 58.9 Å². The van der Waals surface area contributed by atoms with Crippen molar-refractivity contribution in [2.24, 2.45) is 0 Å². The van der Waals surface area contributed by atoms with E-state index in [-0.39, 0.29) is 25.5 Å². The molecule has 0 spiro atoms. The van der Waals surface area contributed by atoms with E-state index in [0.717, 1.165) is 63.0 Å². The number of fused-ring (bicyclic) bond motifs is 3. The van der Waals surface area contributed by atoms with Gasteiger partial charge >= 0.3 is 42.4 Å². The van der Waals surface area contributed by atoms with Gasteiger partial charge in [0.05, 0.1) is 24.5 Å². The summed E-state index contributed by atoms with van der Waals surface area (Å²) in [5.41, 5.74) is 1.91. The van der Waals surface area contributed by atoms with Crippen LogP contribution in [0.2, 0.25) is 0 Å². The van der Waals surface area contributed by atoms with Gasteiger partial charge in [-0.25, -0.2) is 0 Å². The van der Waals surface area contributed by atoms with Crippen molar-refractivity contribution < 1.29 is 141 Å². The summed E-state index contributed by atoms with van der Waals surface area (Å²) in [5.74, 6) is 0. The molecule has 7 N–H and O–H groups in total. The van der Waals surface area contributed by atoms with Crippen LogP contribution in [0.4, 0.5) is 0 Å². The van der Waals surface area contributed by atoms with Crippen LogP contribution in [-0.2, 0) is 113 Å². The van der Waals surface area contributed by atoms with E-state index in [2.05, 4.69) is 0 Å². The molecule has 0 amide bonds. The van der Waals surface area contributed by atoms with Crippen molar-refractivity contribution >= 4 is 146 Å². The first-order valence-corrected chi connectivity index (χ1v) is 36.8. The molecule has 0 heterocycles. The van der Waals surface area contributed by atoms with Crippen molar-refractivity contribution in [2.45, 2.75) is 34.3 Å². The van der Waals surface area contributed by atoms with Gasteiger partial charge in [0.25, 0.3) is 70.8 Å². The maximum absolute atomic E-state index is 11.2. The highest BCUT2D eigenvalue weighted by Gasteiger charge is 2.20. The van der Waals surface area contributed by atoms with E-state index in [1.54, 1.807) is 36.4 Å². The summed E-state index contributed by atoms with van der Waals surface area (Å²) in [6, 6.07) is 50.7. The third kappa shape index (κ3) is 31.6. The lowest BCUT2D eigenvalue weighted by atomic mass is 10.1. The Labute approximate surface area is 528 Å². The molecule has 9 aromatic carbocycles. The summed E-state index contributed by atoms with van der Waals surface area (Å²) in [6.07, 6.45) is 0. The summed E-state index contributed by atoms with van der Waals surface area (Å²) in [4.78, 5) is -2.24. The topological polar surface area (TPSA) is 585 Å². The SMILES string of the molecule is O=S(=O)(O)c1ccc(-c2ccccc2)cc1.O=S(=O)(O)c1ccc2ccccc2c1.O=S(=O)(O)c1ccc2ccccc2c1.O=S(=O)(O)c1cccc(S(=O)(=O)O)c1.O=S(=O)(O)c1cccc2c(S(=O)(=O)O)cccc12.O=S(=O)=O.O=S(=O)=O.O=S(=O)=O.O=S(=O)=O. The van der Waals surface area contributed by atoms with Crippen LogP contribution in [0.5, 0.6) is 0 Å². The summed E-state index contributed by atoms with van der Waals surface area (Å²) >= 11 is 0. The van der Waals surface area contributed by atoms with Crippen LogP contribution >= 0.6 is 0 Å². The van der Waals surface area contributed by atoms with Crippen LogP contribution in [0.15, 0.2) is 234 Å². The quantitative estimate of drug-likeness (QED) is 0.104. The minimum absolute atomic E-state index is 0.0233. The van der Waals surface area contributed by atoms with Gasteiger partial charge in [0, 0.05) is 10.8 Å². The molecule has 44 heteroatoms. The Morgan fingerprint density at radius 2 is 0.446 bits per heavy atom. The Bertz CT molecular complexity index is 5070. The minimum atomic E-state index is -4.47. The summed E-state index contributed by atoms with van der Waals surface area (Å²) < 4.78 is 315. The van der Waals surface area contributed by atoms with Crippen molar-refractivity contribution in [1.82, 2.24) is 0 Å². The highest BCUT2D eigenvalue weighted by Crippen LogP contribution is 2.28. The van der Waals surface area contributed by atoms with Crippen LogP contribution in [-0.4, -0.2) is 141 Å². The monoisotopic (exact) mass is 1500 g/mol. The lowest BCUT2D eigenvalue weighted by Crippen LogP contribution is -2.02. The van der Waals surface area contributed by atoms with Gasteiger partial charge in [0.15, 0.2) is 0 Å². The molecule has 92 heavy (non-hydrogen) atoms. The number of benzene rings is 9. The fourth-order valence-electron chi connectivity index (χ4n) is 6.60. The van der Waals surface area contributed by atoms with Gasteiger partial charge in [0.2, 0.25) is 0 Å². The second-order valence-corrected chi connectivity index (χ2v) is 27.7. The zero-order chi connectivity index (χ0) is 70.8. The zero-order valence-electron chi connectivity index (χ0n) is 44.8. The first-order valence-electron chi connectivity index (χ1n) is 22.7. The van der Waals surface area contributed by atoms with E-state index in [1.807, 2.05) is 66.7 Å². The van der Waals surface area contributed by atoms with Gasteiger partial charge in [-0.1, -0.05) is 133 Å². The van der Waals surface area contributed by atoms with Gasteiger partial charge in [0.1, 0.15) is 9.79 Å². The van der Waals surface area contributed by atoms with Crippen LogP contribution in [0.25, 0.3) is 43.4 Å². The first-order chi connectivity index (χ1) is 42.1. The second-order valence-electron chi connectivity index (χ2n) is 16.1. The number of hydrogen-bond acceptors (Lipinski definition) is 26. The fraction of sp³-hybridized carbons (Fsp3) is 0. The molecule has 9 rings (SSSR count). The predicted octanol–water partition coefficient (Wildman–Crippen LogP) is 4.27. The predicted molar refractivity (Wildman–Crippen MR) is 318 cm³/mol. The van der Waals surface area contributed by atoms with Crippen LogP contribution < -0.4 is 0 Å². The standard InChI is InChI=1S/C12H10O3S.C10H8O6S2.2C10H8O3S.C6H6O6S2.4O3S/c13-16(14,15)12-8-6-11(7-9-12)10-4-2-1-3-5-10;11-17(12,13)9-5-1-3-7-8(9)4-2-6-10(7)18(14,15)16;2*11-14(12,13)10-6-5-8-3-1-2-4-9(8)7-10;7-13(8,9)5-2-1-3-6(4-5)14(10,11)12;4*1-4(2)3/h1-9H,(H,13,14,15);1-6H,(H,11,12,13)(H,14,15,16);2*1-7H,(H,11,12,13);1-4H,(H,7,8,9)(H,10,11,12);;;;. The highest BCUT2D eigenvalue weighted by molar-refractivity contribution is 7.87. The van der Waals surface area contributed by atoms with E-state index in [0.29, 0.717) is 6.07 Å². The van der Waals surface area contributed by atoms with E-state index in [4.69, 9.17) is 82.4 Å². The smallest absolute Gasteiger partial charge is 0.282 e. The Hall–Kier alpha value is -8.39.